The number of nitrogens with zero attached hydrogens (tertiary/aromatic N) is 3. The Labute approximate surface area is 208 Å². The van der Waals surface area contributed by atoms with Crippen LogP contribution in [0.15, 0.2) is 96.2 Å². The van der Waals surface area contributed by atoms with Crippen molar-refractivity contribution in [2.24, 2.45) is 5.92 Å². The van der Waals surface area contributed by atoms with Crippen LogP contribution in [0.4, 0.5) is 0 Å². The number of aromatic nitrogens is 5. The zero-order valence-electron chi connectivity index (χ0n) is 19.0. The molecule has 0 radical (unpaired) electrons. The third-order valence-electron chi connectivity index (χ3n) is 5.60. The van der Waals surface area contributed by atoms with Crippen LogP contribution in [0.5, 0.6) is 0 Å². The lowest BCUT2D eigenvalue weighted by Gasteiger charge is -2.19. The van der Waals surface area contributed by atoms with E-state index in [0.717, 1.165) is 39.2 Å². The Morgan fingerprint density at radius 2 is 1.41 bits per heavy atom. The van der Waals surface area contributed by atoms with Crippen molar-refractivity contribution in [3.63, 3.8) is 0 Å². The first-order chi connectivity index (χ1) is 16.6. The van der Waals surface area contributed by atoms with E-state index in [1.807, 2.05) is 71.3 Å². The molecule has 2 heterocycles. The highest BCUT2D eigenvalue weighted by Crippen LogP contribution is 2.42. The Morgan fingerprint density at radius 3 is 2.03 bits per heavy atom. The highest BCUT2D eigenvalue weighted by Gasteiger charge is 2.26. The van der Waals surface area contributed by atoms with Gasteiger partial charge in [0.05, 0.1) is 16.6 Å². The molecular formula is C27H25N5S2. The number of hydrogen-bond donors (Lipinski definition) is 2. The first kappa shape index (κ1) is 22.4. The molecule has 7 heteroatoms. The van der Waals surface area contributed by atoms with Crippen molar-refractivity contribution in [2.45, 2.75) is 24.3 Å². The van der Waals surface area contributed by atoms with E-state index in [2.05, 4.69) is 53.3 Å². The van der Waals surface area contributed by atoms with Crippen LogP contribution in [0.2, 0.25) is 0 Å². The minimum atomic E-state index is 0.0338. The van der Waals surface area contributed by atoms with Crippen molar-refractivity contribution in [3.8, 4) is 28.2 Å². The Hall–Kier alpha value is -3.42. The van der Waals surface area contributed by atoms with Crippen molar-refractivity contribution >= 4 is 24.0 Å². The summed E-state index contributed by atoms with van der Waals surface area (Å²) < 4.78 is 2.61. The lowest BCUT2D eigenvalue weighted by atomic mass is 10.1. The third kappa shape index (κ3) is 4.49. The zero-order chi connectivity index (χ0) is 23.5. The highest BCUT2D eigenvalue weighted by molar-refractivity contribution is 7.99. The highest BCUT2D eigenvalue weighted by atomic mass is 32.2. The molecule has 0 saturated heterocycles. The van der Waals surface area contributed by atoms with E-state index in [1.54, 1.807) is 11.8 Å². The fourth-order valence-electron chi connectivity index (χ4n) is 3.96. The van der Waals surface area contributed by atoms with Crippen LogP contribution < -0.4 is 0 Å². The van der Waals surface area contributed by atoms with Crippen molar-refractivity contribution in [1.29, 1.82) is 0 Å². The maximum absolute atomic E-state index is 5.59. The number of rotatable bonds is 7. The monoisotopic (exact) mass is 483 g/mol. The Bertz CT molecular complexity index is 1360. The number of imidazole rings is 1. The summed E-state index contributed by atoms with van der Waals surface area (Å²) in [5.74, 6) is 1.18. The summed E-state index contributed by atoms with van der Waals surface area (Å²) in [5, 5.41) is 8.52. The summed E-state index contributed by atoms with van der Waals surface area (Å²) in [7, 11) is 0. The molecule has 5 aromatic rings. The van der Waals surface area contributed by atoms with Gasteiger partial charge in [0.1, 0.15) is 5.82 Å². The molecule has 1 unspecified atom stereocenters. The van der Waals surface area contributed by atoms with Crippen molar-refractivity contribution < 1.29 is 0 Å². The normalized spacial score (nSPS) is 12.2. The molecule has 34 heavy (non-hydrogen) atoms. The quantitative estimate of drug-likeness (QED) is 0.186. The number of thioether (sulfide) groups is 1. The topological polar surface area (TPSA) is 62.3 Å². The average Bonchev–Trinajstić information content (AvgIpc) is 3.47. The number of H-pyrrole nitrogens is 2. The van der Waals surface area contributed by atoms with Gasteiger partial charge in [0.2, 0.25) is 0 Å². The minimum absolute atomic E-state index is 0.0338. The van der Waals surface area contributed by atoms with Gasteiger partial charge in [-0.3, -0.25) is 9.67 Å². The summed E-state index contributed by atoms with van der Waals surface area (Å²) in [5.41, 5.74) is 5.14. The van der Waals surface area contributed by atoms with Gasteiger partial charge >= 0.3 is 0 Å². The SMILES string of the molecule is CC(C)C(Sc1nc(-c2ccccc2)c(-c2ccccc2)[nH]1)c1n[nH]c(=S)n1-c1ccccc1. The van der Waals surface area contributed by atoms with E-state index in [4.69, 9.17) is 17.2 Å². The molecule has 0 fully saturated rings. The van der Waals surface area contributed by atoms with Crippen molar-refractivity contribution in [2.75, 3.05) is 0 Å². The molecule has 170 valence electrons. The molecule has 0 aliphatic rings. The summed E-state index contributed by atoms with van der Waals surface area (Å²) in [6.07, 6.45) is 0. The van der Waals surface area contributed by atoms with Crippen molar-refractivity contribution in [1.82, 2.24) is 24.7 Å². The Morgan fingerprint density at radius 1 is 0.824 bits per heavy atom. The lowest BCUT2D eigenvalue weighted by molar-refractivity contribution is 0.595. The number of benzene rings is 3. The minimum Gasteiger partial charge on any atom is -0.332 e. The molecule has 0 amide bonds. The van der Waals surface area contributed by atoms with Gasteiger partial charge in [0.25, 0.3) is 0 Å². The predicted molar refractivity (Wildman–Crippen MR) is 142 cm³/mol. The van der Waals surface area contributed by atoms with Gasteiger partial charge in [-0.15, -0.1) is 0 Å². The zero-order valence-corrected chi connectivity index (χ0v) is 20.6. The fraction of sp³-hybridized carbons (Fsp3) is 0.148. The molecule has 2 aromatic heterocycles. The number of hydrogen-bond acceptors (Lipinski definition) is 4. The van der Waals surface area contributed by atoms with Gasteiger partial charge in [-0.2, -0.15) is 5.10 Å². The van der Waals surface area contributed by atoms with Crippen LogP contribution in [0.25, 0.3) is 28.2 Å². The van der Waals surface area contributed by atoms with Crippen LogP contribution in [0.1, 0.15) is 24.9 Å². The van der Waals surface area contributed by atoms with Gasteiger partial charge in [-0.05, 0) is 30.3 Å². The van der Waals surface area contributed by atoms with Crippen molar-refractivity contribution in [3.05, 3.63) is 102 Å². The van der Waals surface area contributed by atoms with E-state index in [9.17, 15) is 0 Å². The van der Waals surface area contributed by atoms with E-state index >= 15 is 0 Å². The summed E-state index contributed by atoms with van der Waals surface area (Å²) in [4.78, 5) is 8.64. The third-order valence-corrected chi connectivity index (χ3v) is 7.30. The second-order valence-corrected chi connectivity index (χ2v) is 9.85. The summed E-state index contributed by atoms with van der Waals surface area (Å²) >= 11 is 7.27. The largest absolute Gasteiger partial charge is 0.332 e. The van der Waals surface area contributed by atoms with Crippen LogP contribution in [-0.4, -0.2) is 24.7 Å². The molecule has 5 rings (SSSR count). The molecule has 1 atom stereocenters. The second-order valence-electron chi connectivity index (χ2n) is 8.34. The Kier molecular flexibility index (Phi) is 6.47. The first-order valence-corrected chi connectivity index (χ1v) is 12.5. The fourth-order valence-corrected chi connectivity index (χ4v) is 5.29. The smallest absolute Gasteiger partial charge is 0.199 e. The molecule has 5 nitrogen and oxygen atoms in total. The summed E-state index contributed by atoms with van der Waals surface area (Å²) in [6, 6.07) is 30.7. The number of aromatic amines is 2. The lowest BCUT2D eigenvalue weighted by Crippen LogP contribution is -2.11. The maximum atomic E-state index is 5.59. The molecular weight excluding hydrogens is 458 g/mol. The molecule has 0 saturated carbocycles. The van der Waals surface area contributed by atoms with Gasteiger partial charge in [-0.25, -0.2) is 4.98 Å². The molecule has 2 N–H and O–H groups in total. The first-order valence-electron chi connectivity index (χ1n) is 11.2. The molecule has 0 bridgehead atoms. The van der Waals surface area contributed by atoms with Gasteiger partial charge < -0.3 is 4.98 Å². The second kappa shape index (κ2) is 9.83. The standard InChI is InChI=1S/C27H25N5S2/c1-18(2)24(25-30-31-27(33)32(25)21-16-10-5-11-17-21)34-26-28-22(19-12-6-3-7-13-19)23(29-26)20-14-8-4-9-15-20/h3-18,24H,1-2H3,(H,28,29)(H,31,33). The van der Waals surface area contributed by atoms with E-state index < -0.39 is 0 Å². The molecule has 0 aliphatic heterocycles. The average molecular weight is 484 g/mol. The van der Waals surface area contributed by atoms with Crippen LogP contribution in [-0.2, 0) is 0 Å². The van der Waals surface area contributed by atoms with Gasteiger partial charge in [-0.1, -0.05) is 104 Å². The molecule has 3 aromatic carbocycles. The summed E-state index contributed by atoms with van der Waals surface area (Å²) in [6.45, 7) is 4.40. The van der Waals surface area contributed by atoms with Crippen LogP contribution in [0, 0.1) is 10.7 Å². The van der Waals surface area contributed by atoms with E-state index in [1.165, 1.54) is 0 Å². The predicted octanol–water partition coefficient (Wildman–Crippen LogP) is 7.48. The maximum Gasteiger partial charge on any atom is 0.199 e. The van der Waals surface area contributed by atoms with E-state index in [0.29, 0.717) is 10.7 Å². The van der Waals surface area contributed by atoms with Crippen LogP contribution >= 0.6 is 24.0 Å². The molecule has 0 spiro atoms. The van der Waals surface area contributed by atoms with Gasteiger partial charge in [0, 0.05) is 16.8 Å². The number of para-hydroxylation sites is 1. The van der Waals surface area contributed by atoms with Crippen LogP contribution in [0.3, 0.4) is 0 Å². The Balaban J connectivity index is 1.58. The molecule has 0 aliphatic carbocycles. The van der Waals surface area contributed by atoms with E-state index in [-0.39, 0.29) is 5.25 Å². The number of nitrogens with one attached hydrogen (secondary N) is 2. The van der Waals surface area contributed by atoms with Gasteiger partial charge in [0.15, 0.2) is 9.93 Å².